The fourth-order valence-electron chi connectivity index (χ4n) is 0.849. The summed E-state index contributed by atoms with van der Waals surface area (Å²) in [5.74, 6) is -1.06. The molecule has 6 heteroatoms. The first-order valence-electron chi connectivity index (χ1n) is 3.68. The van der Waals surface area contributed by atoms with Crippen molar-refractivity contribution in [1.82, 2.24) is 0 Å². The lowest BCUT2D eigenvalue weighted by Crippen LogP contribution is -2.14. The average Bonchev–Trinajstić information content (AvgIpc) is 2.13. The summed E-state index contributed by atoms with van der Waals surface area (Å²) in [6.45, 7) is -0.483. The van der Waals surface area contributed by atoms with E-state index in [1.807, 2.05) is 0 Å². The van der Waals surface area contributed by atoms with Gasteiger partial charge in [0.05, 0.1) is 10.2 Å². The zero-order valence-corrected chi connectivity index (χ0v) is 8.54. The minimum absolute atomic E-state index is 0.152. The van der Waals surface area contributed by atoms with Crippen molar-refractivity contribution in [2.75, 3.05) is 11.9 Å². The number of carbonyl (C=O) groups is 1. The summed E-state index contributed by atoms with van der Waals surface area (Å²) >= 11 is 2.96. The highest BCUT2D eigenvalue weighted by molar-refractivity contribution is 9.10. The molecule has 0 aliphatic heterocycles. The molecule has 1 rings (SSSR count). The summed E-state index contributed by atoms with van der Waals surface area (Å²) in [5, 5.41) is 4.75. The van der Waals surface area contributed by atoms with Crippen LogP contribution >= 0.6 is 15.9 Å². The summed E-state index contributed by atoms with van der Waals surface area (Å²) in [6.07, 6.45) is 0. The topological polar surface area (TPSA) is 58.5 Å². The van der Waals surface area contributed by atoms with Crippen molar-refractivity contribution in [2.24, 2.45) is 5.18 Å². The minimum Gasteiger partial charge on any atom is -0.323 e. The molecule has 0 unspecified atom stereocenters. The minimum atomic E-state index is -0.577. The van der Waals surface area contributed by atoms with E-state index in [0.29, 0.717) is 0 Å². The van der Waals surface area contributed by atoms with Crippen molar-refractivity contribution in [3.8, 4) is 0 Å². The predicted molar refractivity (Wildman–Crippen MR) is 53.4 cm³/mol. The van der Waals surface area contributed by atoms with Crippen LogP contribution in [0.3, 0.4) is 0 Å². The molecule has 0 radical (unpaired) electrons. The monoisotopic (exact) mass is 260 g/mol. The van der Waals surface area contributed by atoms with Crippen LogP contribution in [0.15, 0.2) is 27.8 Å². The Morgan fingerprint density at radius 2 is 2.29 bits per heavy atom. The lowest BCUT2D eigenvalue weighted by Gasteiger charge is -2.05. The molecule has 0 saturated heterocycles. The van der Waals surface area contributed by atoms with E-state index >= 15 is 0 Å². The number of halogens is 2. The lowest BCUT2D eigenvalue weighted by molar-refractivity contribution is -0.114. The van der Waals surface area contributed by atoms with Crippen molar-refractivity contribution in [3.63, 3.8) is 0 Å². The van der Waals surface area contributed by atoms with Gasteiger partial charge in [0.1, 0.15) is 5.82 Å². The van der Waals surface area contributed by atoms with Crippen LogP contribution in [0.25, 0.3) is 0 Å². The van der Waals surface area contributed by atoms with E-state index in [9.17, 15) is 14.1 Å². The highest BCUT2D eigenvalue weighted by atomic mass is 79.9. The number of benzene rings is 1. The van der Waals surface area contributed by atoms with Gasteiger partial charge in [0, 0.05) is 0 Å². The van der Waals surface area contributed by atoms with E-state index in [4.69, 9.17) is 0 Å². The number of anilines is 1. The first kappa shape index (κ1) is 10.8. The molecule has 1 amide bonds. The molecule has 0 aromatic heterocycles. The third-order valence-corrected chi connectivity index (χ3v) is 2.24. The molecule has 74 valence electrons. The standard InChI is InChI=1S/C8H6BrFN2O2/c9-8-5(10)2-1-3-6(8)12-7(13)4-11-14/h1-3H,4H2,(H,12,13). The fraction of sp³-hybridized carbons (Fsp3) is 0.125. The van der Waals surface area contributed by atoms with Crippen LogP contribution in [0.1, 0.15) is 0 Å². The molecule has 4 nitrogen and oxygen atoms in total. The van der Waals surface area contributed by atoms with Gasteiger partial charge in [-0.15, -0.1) is 0 Å². The van der Waals surface area contributed by atoms with Gasteiger partial charge in [-0.2, -0.15) is 4.91 Å². The molecule has 0 heterocycles. The van der Waals surface area contributed by atoms with Crippen molar-refractivity contribution < 1.29 is 9.18 Å². The smallest absolute Gasteiger partial charge is 0.249 e. The van der Waals surface area contributed by atoms with E-state index in [-0.39, 0.29) is 10.2 Å². The number of carbonyl (C=O) groups excluding carboxylic acids is 1. The second kappa shape index (κ2) is 4.80. The molecular weight excluding hydrogens is 255 g/mol. The summed E-state index contributed by atoms with van der Waals surface area (Å²) in [7, 11) is 0. The lowest BCUT2D eigenvalue weighted by atomic mass is 10.3. The highest BCUT2D eigenvalue weighted by Crippen LogP contribution is 2.24. The van der Waals surface area contributed by atoms with Crippen LogP contribution in [0.4, 0.5) is 10.1 Å². The van der Waals surface area contributed by atoms with Gasteiger partial charge < -0.3 is 5.32 Å². The number of nitrogens with zero attached hydrogens (tertiary/aromatic N) is 1. The summed E-state index contributed by atoms with van der Waals surface area (Å²) in [6, 6.07) is 4.21. The maximum Gasteiger partial charge on any atom is 0.249 e. The number of nitroso groups, excluding NO2 is 1. The maximum absolute atomic E-state index is 12.9. The largest absolute Gasteiger partial charge is 0.323 e. The van der Waals surface area contributed by atoms with E-state index in [1.165, 1.54) is 18.2 Å². The van der Waals surface area contributed by atoms with Gasteiger partial charge in [0.2, 0.25) is 5.91 Å². The molecule has 1 aromatic rings. The second-order valence-electron chi connectivity index (χ2n) is 2.44. The van der Waals surface area contributed by atoms with Crippen LogP contribution in [0, 0.1) is 10.7 Å². The number of hydrogen-bond acceptors (Lipinski definition) is 3. The molecule has 14 heavy (non-hydrogen) atoms. The molecule has 1 aromatic carbocycles. The van der Waals surface area contributed by atoms with Gasteiger partial charge in [-0.25, -0.2) is 4.39 Å². The van der Waals surface area contributed by atoms with E-state index in [2.05, 4.69) is 26.4 Å². The molecule has 0 spiro atoms. The Kier molecular flexibility index (Phi) is 3.70. The molecule has 0 atom stereocenters. The Bertz CT molecular complexity index is 370. The number of hydrogen-bond donors (Lipinski definition) is 1. The fourth-order valence-corrected chi connectivity index (χ4v) is 1.21. The average molecular weight is 261 g/mol. The predicted octanol–water partition coefficient (Wildman–Crippen LogP) is 2.29. The molecule has 0 aliphatic rings. The maximum atomic E-state index is 12.9. The van der Waals surface area contributed by atoms with Crippen molar-refractivity contribution in [3.05, 3.63) is 33.4 Å². The highest BCUT2D eigenvalue weighted by Gasteiger charge is 2.08. The Hall–Kier alpha value is -1.30. The summed E-state index contributed by atoms with van der Waals surface area (Å²) in [5.41, 5.74) is 0.277. The number of amides is 1. The van der Waals surface area contributed by atoms with Gasteiger partial charge in [0.25, 0.3) is 0 Å². The molecule has 0 saturated carbocycles. The Morgan fingerprint density at radius 3 is 2.93 bits per heavy atom. The van der Waals surface area contributed by atoms with Crippen LogP contribution in [-0.2, 0) is 4.79 Å². The van der Waals surface area contributed by atoms with Gasteiger partial charge in [0.15, 0.2) is 6.54 Å². The normalized spacial score (nSPS) is 9.57. The third-order valence-electron chi connectivity index (χ3n) is 1.43. The van der Waals surface area contributed by atoms with Gasteiger partial charge in [-0.1, -0.05) is 11.2 Å². The molecule has 1 N–H and O–H groups in total. The van der Waals surface area contributed by atoms with Gasteiger partial charge in [-0.05, 0) is 28.1 Å². The number of rotatable bonds is 3. The quantitative estimate of drug-likeness (QED) is 0.848. The second-order valence-corrected chi connectivity index (χ2v) is 3.23. The third kappa shape index (κ3) is 2.59. The molecule has 0 aliphatic carbocycles. The Morgan fingerprint density at radius 1 is 1.57 bits per heavy atom. The van der Waals surface area contributed by atoms with Crippen LogP contribution in [-0.4, -0.2) is 12.5 Å². The zero-order chi connectivity index (χ0) is 10.6. The van der Waals surface area contributed by atoms with E-state index in [0.717, 1.165) is 0 Å². The van der Waals surface area contributed by atoms with Crippen molar-refractivity contribution in [1.29, 1.82) is 0 Å². The van der Waals surface area contributed by atoms with E-state index < -0.39 is 18.3 Å². The molecule has 0 fully saturated rings. The van der Waals surface area contributed by atoms with Gasteiger partial charge in [-0.3, -0.25) is 4.79 Å². The Balaban J connectivity index is 2.81. The Labute approximate surface area is 87.6 Å². The first-order chi connectivity index (χ1) is 6.65. The molecular formula is C8H6BrFN2O2. The van der Waals surface area contributed by atoms with Crippen molar-refractivity contribution >= 4 is 27.5 Å². The SMILES string of the molecule is O=NCC(=O)Nc1cccc(F)c1Br. The first-order valence-corrected chi connectivity index (χ1v) is 4.47. The summed E-state index contributed by atoms with van der Waals surface area (Å²) in [4.78, 5) is 20.7. The number of nitrogens with one attached hydrogen (secondary N) is 1. The van der Waals surface area contributed by atoms with E-state index in [1.54, 1.807) is 0 Å². The van der Waals surface area contributed by atoms with Crippen LogP contribution in [0.5, 0.6) is 0 Å². The molecule has 0 bridgehead atoms. The van der Waals surface area contributed by atoms with Crippen LogP contribution in [0.2, 0.25) is 0 Å². The van der Waals surface area contributed by atoms with Crippen LogP contribution < -0.4 is 5.32 Å². The zero-order valence-electron chi connectivity index (χ0n) is 6.96. The summed E-state index contributed by atoms with van der Waals surface area (Å²) < 4.78 is 13.1. The van der Waals surface area contributed by atoms with Crippen molar-refractivity contribution in [2.45, 2.75) is 0 Å². The van der Waals surface area contributed by atoms with Gasteiger partial charge >= 0.3 is 0 Å².